The Morgan fingerprint density at radius 2 is 1.75 bits per heavy atom. The number of nitrogens with one attached hydrogen (secondary N) is 2. The SMILES string of the molecule is O=C(CCC(=O)NO)CNC(=O)Cc1nc2ccc(-c3ccccc3)cc2s1. The van der Waals surface area contributed by atoms with Crippen molar-refractivity contribution in [3.05, 3.63) is 53.5 Å². The maximum absolute atomic E-state index is 12.1. The summed E-state index contributed by atoms with van der Waals surface area (Å²) in [4.78, 5) is 39.1. The van der Waals surface area contributed by atoms with E-state index in [1.165, 1.54) is 16.8 Å². The molecule has 144 valence electrons. The topological polar surface area (TPSA) is 108 Å². The van der Waals surface area contributed by atoms with Crippen molar-refractivity contribution < 1.29 is 19.6 Å². The Morgan fingerprint density at radius 1 is 0.964 bits per heavy atom. The zero-order valence-electron chi connectivity index (χ0n) is 15.0. The van der Waals surface area contributed by atoms with Crippen LogP contribution in [0.4, 0.5) is 0 Å². The van der Waals surface area contributed by atoms with Gasteiger partial charge in [-0.15, -0.1) is 11.3 Å². The standard InChI is InChI=1S/C20H19N3O4S/c24-15(7-9-18(25)23-27)12-21-19(26)11-20-22-16-8-6-14(10-17(16)28-20)13-4-2-1-3-5-13/h1-6,8,10,27H,7,9,11-12H2,(H,21,26)(H,23,25). The molecule has 8 heteroatoms. The molecule has 0 saturated heterocycles. The number of hydrogen-bond donors (Lipinski definition) is 3. The molecular weight excluding hydrogens is 378 g/mol. The van der Waals surface area contributed by atoms with Gasteiger partial charge in [-0.05, 0) is 23.3 Å². The molecule has 0 unspecified atom stereocenters. The molecule has 0 radical (unpaired) electrons. The number of amides is 2. The molecule has 7 nitrogen and oxygen atoms in total. The van der Waals surface area contributed by atoms with E-state index < -0.39 is 5.91 Å². The number of fused-ring (bicyclic) bond motifs is 1. The van der Waals surface area contributed by atoms with Gasteiger partial charge in [0.2, 0.25) is 11.8 Å². The minimum absolute atomic E-state index is 0.0456. The van der Waals surface area contributed by atoms with Crippen LogP contribution in [0.1, 0.15) is 17.8 Å². The second kappa shape index (κ2) is 9.20. The van der Waals surface area contributed by atoms with Crippen LogP contribution in [0.2, 0.25) is 0 Å². The van der Waals surface area contributed by atoms with Crippen LogP contribution < -0.4 is 10.8 Å². The normalized spacial score (nSPS) is 10.6. The predicted octanol–water partition coefficient (Wildman–Crippen LogP) is 2.48. The molecule has 0 atom stereocenters. The first-order valence-electron chi connectivity index (χ1n) is 8.71. The summed E-state index contributed by atoms with van der Waals surface area (Å²) in [6.45, 7) is -0.152. The van der Waals surface area contributed by atoms with Gasteiger partial charge in [0, 0.05) is 12.8 Å². The largest absolute Gasteiger partial charge is 0.349 e. The fourth-order valence-electron chi connectivity index (χ4n) is 2.65. The number of carbonyl (C=O) groups excluding carboxylic acids is 3. The molecule has 3 aromatic rings. The Balaban J connectivity index is 1.57. The number of ketones is 1. The Bertz CT molecular complexity index is 1000. The smallest absolute Gasteiger partial charge is 0.243 e. The van der Waals surface area contributed by atoms with Crippen LogP contribution in [0.25, 0.3) is 21.3 Å². The zero-order chi connectivity index (χ0) is 19.9. The molecule has 2 aromatic carbocycles. The van der Waals surface area contributed by atoms with Gasteiger partial charge in [0.05, 0.1) is 23.2 Å². The number of thiazole rings is 1. The molecule has 0 bridgehead atoms. The summed E-state index contributed by atoms with van der Waals surface area (Å²) in [7, 11) is 0. The maximum Gasteiger partial charge on any atom is 0.243 e. The minimum Gasteiger partial charge on any atom is -0.349 e. The molecular formula is C20H19N3O4S. The highest BCUT2D eigenvalue weighted by atomic mass is 32.1. The van der Waals surface area contributed by atoms with Crippen molar-refractivity contribution in [3.8, 4) is 11.1 Å². The van der Waals surface area contributed by atoms with Gasteiger partial charge in [-0.1, -0.05) is 36.4 Å². The second-order valence-electron chi connectivity index (χ2n) is 6.18. The number of Topliss-reactive ketones (excluding diaryl/α,β-unsaturated/α-hetero) is 1. The van der Waals surface area contributed by atoms with Crippen LogP contribution in [0, 0.1) is 0 Å². The molecule has 3 N–H and O–H groups in total. The van der Waals surface area contributed by atoms with Crippen molar-refractivity contribution >= 4 is 39.2 Å². The van der Waals surface area contributed by atoms with Crippen molar-refractivity contribution in [2.45, 2.75) is 19.3 Å². The first-order valence-corrected chi connectivity index (χ1v) is 9.53. The van der Waals surface area contributed by atoms with Gasteiger partial charge in [-0.2, -0.15) is 0 Å². The molecule has 0 spiro atoms. The molecule has 0 aliphatic carbocycles. The van der Waals surface area contributed by atoms with Crippen LogP contribution in [0.3, 0.4) is 0 Å². The Kier molecular flexibility index (Phi) is 6.46. The number of nitrogens with zero attached hydrogens (tertiary/aromatic N) is 1. The summed E-state index contributed by atoms with van der Waals surface area (Å²) in [5.74, 6) is -1.22. The first kappa shape index (κ1) is 19.7. The zero-order valence-corrected chi connectivity index (χ0v) is 15.8. The van der Waals surface area contributed by atoms with E-state index in [0.717, 1.165) is 21.3 Å². The van der Waals surface area contributed by atoms with Crippen molar-refractivity contribution in [2.75, 3.05) is 6.54 Å². The van der Waals surface area contributed by atoms with E-state index >= 15 is 0 Å². The minimum atomic E-state index is -0.635. The number of aromatic nitrogens is 1. The average Bonchev–Trinajstić information content (AvgIpc) is 3.12. The number of hydroxylamine groups is 1. The van der Waals surface area contributed by atoms with E-state index in [-0.39, 0.29) is 37.5 Å². The highest BCUT2D eigenvalue weighted by Gasteiger charge is 2.12. The van der Waals surface area contributed by atoms with Gasteiger partial charge >= 0.3 is 0 Å². The Hall–Kier alpha value is -3.10. The number of benzene rings is 2. The molecule has 0 aliphatic heterocycles. The third-order valence-electron chi connectivity index (χ3n) is 4.09. The molecule has 0 fully saturated rings. The lowest BCUT2D eigenvalue weighted by atomic mass is 10.1. The van der Waals surface area contributed by atoms with Crippen LogP contribution >= 0.6 is 11.3 Å². The molecule has 1 aromatic heterocycles. The Labute approximate surface area is 165 Å². The van der Waals surface area contributed by atoms with Gasteiger partial charge in [-0.3, -0.25) is 19.6 Å². The highest BCUT2D eigenvalue weighted by molar-refractivity contribution is 7.18. The summed E-state index contributed by atoms with van der Waals surface area (Å²) in [6, 6.07) is 16.0. The molecule has 3 rings (SSSR count). The van der Waals surface area contributed by atoms with E-state index in [4.69, 9.17) is 5.21 Å². The lowest BCUT2D eigenvalue weighted by Gasteiger charge is -2.03. The van der Waals surface area contributed by atoms with Gasteiger partial charge < -0.3 is 5.32 Å². The summed E-state index contributed by atoms with van der Waals surface area (Å²) in [5, 5.41) is 11.6. The molecule has 2 amide bonds. The molecule has 28 heavy (non-hydrogen) atoms. The van der Waals surface area contributed by atoms with Crippen LogP contribution in [-0.4, -0.2) is 34.3 Å². The number of hydrogen-bond acceptors (Lipinski definition) is 6. The quantitative estimate of drug-likeness (QED) is 0.400. The fraction of sp³-hybridized carbons (Fsp3) is 0.200. The van der Waals surface area contributed by atoms with E-state index in [1.807, 2.05) is 42.5 Å². The summed E-state index contributed by atoms with van der Waals surface area (Å²) in [5.41, 5.74) is 4.50. The summed E-state index contributed by atoms with van der Waals surface area (Å²) < 4.78 is 0.996. The van der Waals surface area contributed by atoms with E-state index in [9.17, 15) is 14.4 Å². The van der Waals surface area contributed by atoms with Crippen molar-refractivity contribution in [1.82, 2.24) is 15.8 Å². The van der Waals surface area contributed by atoms with Crippen molar-refractivity contribution in [1.29, 1.82) is 0 Å². The summed E-state index contributed by atoms with van der Waals surface area (Å²) >= 11 is 1.45. The van der Waals surface area contributed by atoms with Crippen molar-refractivity contribution in [3.63, 3.8) is 0 Å². The van der Waals surface area contributed by atoms with Crippen molar-refractivity contribution in [2.24, 2.45) is 0 Å². The molecule has 0 saturated carbocycles. The van der Waals surface area contributed by atoms with Crippen LogP contribution in [-0.2, 0) is 20.8 Å². The summed E-state index contributed by atoms with van der Waals surface area (Å²) in [6.07, 6.45) is -0.0761. The van der Waals surface area contributed by atoms with Crippen LogP contribution in [0.15, 0.2) is 48.5 Å². The second-order valence-corrected chi connectivity index (χ2v) is 7.30. The van der Waals surface area contributed by atoms with Crippen LogP contribution in [0.5, 0.6) is 0 Å². The van der Waals surface area contributed by atoms with Gasteiger partial charge in [0.25, 0.3) is 0 Å². The fourth-order valence-corrected chi connectivity index (χ4v) is 3.66. The van der Waals surface area contributed by atoms with Gasteiger partial charge in [-0.25, -0.2) is 10.5 Å². The lowest BCUT2D eigenvalue weighted by molar-refractivity contribution is -0.131. The molecule has 1 heterocycles. The predicted molar refractivity (Wildman–Crippen MR) is 106 cm³/mol. The van der Waals surface area contributed by atoms with E-state index in [0.29, 0.717) is 5.01 Å². The van der Waals surface area contributed by atoms with Gasteiger partial charge in [0.1, 0.15) is 5.01 Å². The average molecular weight is 397 g/mol. The van der Waals surface area contributed by atoms with E-state index in [1.54, 1.807) is 0 Å². The van der Waals surface area contributed by atoms with E-state index in [2.05, 4.69) is 16.4 Å². The number of rotatable bonds is 8. The first-order chi connectivity index (χ1) is 13.5. The number of carbonyl (C=O) groups is 3. The highest BCUT2D eigenvalue weighted by Crippen LogP contribution is 2.28. The lowest BCUT2D eigenvalue weighted by Crippen LogP contribution is -2.31. The van der Waals surface area contributed by atoms with Gasteiger partial charge in [0.15, 0.2) is 5.78 Å². The maximum atomic E-state index is 12.1. The molecule has 0 aliphatic rings. The third-order valence-corrected chi connectivity index (χ3v) is 5.11. The Morgan fingerprint density at radius 3 is 2.50 bits per heavy atom. The third kappa shape index (κ3) is 5.21. The monoisotopic (exact) mass is 397 g/mol.